The molecule has 0 unspecified atom stereocenters. The van der Waals surface area contributed by atoms with E-state index in [9.17, 15) is 8.42 Å². The van der Waals surface area contributed by atoms with E-state index in [1.807, 2.05) is 30.3 Å². The molecule has 5 rings (SSSR count). The molecule has 1 aromatic heterocycles. The maximum atomic E-state index is 14.0. The largest absolute Gasteiger partial charge is 0.416 e. The highest BCUT2D eigenvalue weighted by Gasteiger charge is 2.40. The second kappa shape index (κ2) is 9.94. The van der Waals surface area contributed by atoms with Gasteiger partial charge in [0, 0.05) is 42.6 Å². The van der Waals surface area contributed by atoms with Gasteiger partial charge in [-0.15, -0.1) is 0 Å². The first kappa shape index (κ1) is 27.1. The van der Waals surface area contributed by atoms with E-state index in [4.69, 9.17) is 4.43 Å². The van der Waals surface area contributed by atoms with E-state index < -0.39 is 18.3 Å². The summed E-state index contributed by atoms with van der Waals surface area (Å²) in [4.78, 5) is 2.82. The molecular weight excluding hydrogens is 509 g/mol. The highest BCUT2D eigenvalue weighted by Crippen LogP contribution is 2.46. The lowest BCUT2D eigenvalue weighted by Crippen LogP contribution is -2.45. The summed E-state index contributed by atoms with van der Waals surface area (Å²) in [5.74, 6) is 0.192. The third-order valence-corrected chi connectivity index (χ3v) is 14.9. The van der Waals surface area contributed by atoms with Crippen molar-refractivity contribution in [1.82, 2.24) is 8.87 Å². The van der Waals surface area contributed by atoms with Crippen molar-refractivity contribution in [3.05, 3.63) is 83.6 Å². The van der Waals surface area contributed by atoms with Gasteiger partial charge in [-0.1, -0.05) is 81.8 Å². The summed E-state index contributed by atoms with van der Waals surface area (Å²) < 4.78 is 36.1. The maximum Gasteiger partial charge on any atom is 0.268 e. The maximum absolute atomic E-state index is 14.0. The molecule has 2 aliphatic rings. The van der Waals surface area contributed by atoms with E-state index in [0.29, 0.717) is 11.5 Å². The molecule has 0 fully saturated rings. The van der Waals surface area contributed by atoms with Crippen LogP contribution in [0.3, 0.4) is 0 Å². The number of rotatable bonds is 7. The summed E-state index contributed by atoms with van der Waals surface area (Å²) in [6.07, 6.45) is 7.62. The molecule has 0 radical (unpaired) electrons. The molecule has 38 heavy (non-hydrogen) atoms. The third kappa shape index (κ3) is 4.64. The summed E-state index contributed by atoms with van der Waals surface area (Å²) >= 11 is 0. The van der Waals surface area contributed by atoms with Gasteiger partial charge >= 0.3 is 0 Å². The van der Waals surface area contributed by atoms with Crippen LogP contribution in [0, 0.1) is 5.92 Å². The van der Waals surface area contributed by atoms with Crippen LogP contribution in [-0.2, 0) is 14.4 Å². The van der Waals surface area contributed by atoms with Gasteiger partial charge in [-0.3, -0.25) is 4.90 Å². The smallest absolute Gasteiger partial charge is 0.268 e. The van der Waals surface area contributed by atoms with Crippen LogP contribution in [0.5, 0.6) is 0 Å². The first-order valence-electron chi connectivity index (χ1n) is 13.7. The lowest BCUT2D eigenvalue weighted by atomic mass is 9.81. The third-order valence-electron chi connectivity index (χ3n) is 8.66. The van der Waals surface area contributed by atoms with Crippen molar-refractivity contribution in [2.45, 2.75) is 63.2 Å². The summed E-state index contributed by atoms with van der Waals surface area (Å²) in [6, 6.07) is 16.7. The van der Waals surface area contributed by atoms with Crippen LogP contribution in [0.4, 0.5) is 0 Å². The number of hydrogen-bond donors (Lipinski definition) is 0. The molecule has 1 aliphatic heterocycles. The molecule has 0 N–H and O–H groups in total. The van der Waals surface area contributed by atoms with Crippen LogP contribution >= 0.6 is 0 Å². The van der Waals surface area contributed by atoms with E-state index in [2.05, 4.69) is 63.9 Å². The first-order valence-corrected chi connectivity index (χ1v) is 18.0. The van der Waals surface area contributed by atoms with E-state index in [-0.39, 0.29) is 17.0 Å². The van der Waals surface area contributed by atoms with Crippen molar-refractivity contribution in [3.63, 3.8) is 0 Å². The molecule has 0 amide bonds. The molecule has 0 bridgehead atoms. The van der Waals surface area contributed by atoms with E-state index in [0.717, 1.165) is 41.7 Å². The molecule has 5 nitrogen and oxygen atoms in total. The van der Waals surface area contributed by atoms with E-state index >= 15 is 0 Å². The molecule has 202 valence electrons. The Morgan fingerprint density at radius 3 is 2.39 bits per heavy atom. The van der Waals surface area contributed by atoms with Gasteiger partial charge in [0.15, 0.2) is 8.32 Å². The van der Waals surface area contributed by atoms with Crippen molar-refractivity contribution in [2.24, 2.45) is 5.92 Å². The SMILES string of the molecule is CCC1=C[C@@H]2C=Cc3c(c4ccccc4n3S(=O)(=O)c3ccccc3)[C@@H]2N(CCO[Si](C)(C)C(C)(C)C)C1. The van der Waals surface area contributed by atoms with Crippen LogP contribution in [0.2, 0.25) is 18.1 Å². The molecule has 1 aliphatic carbocycles. The van der Waals surface area contributed by atoms with E-state index in [1.54, 1.807) is 28.2 Å². The fourth-order valence-corrected chi connectivity index (χ4v) is 8.10. The average molecular weight is 549 g/mol. The molecule has 2 atom stereocenters. The fourth-order valence-electron chi connectivity index (χ4n) is 5.52. The van der Waals surface area contributed by atoms with Gasteiger partial charge in [0.2, 0.25) is 0 Å². The number of aromatic nitrogens is 1. The zero-order valence-corrected chi connectivity index (χ0v) is 25.3. The summed E-state index contributed by atoms with van der Waals surface area (Å²) in [5.41, 5.74) is 4.02. The van der Waals surface area contributed by atoms with Gasteiger partial charge in [0.05, 0.1) is 16.1 Å². The second-order valence-electron chi connectivity index (χ2n) is 12.0. The number of benzene rings is 2. The van der Waals surface area contributed by atoms with Gasteiger partial charge in [-0.05, 0) is 48.8 Å². The molecule has 3 aromatic rings. The van der Waals surface area contributed by atoms with Crippen molar-refractivity contribution in [3.8, 4) is 0 Å². The first-order chi connectivity index (χ1) is 18.0. The molecule has 0 saturated carbocycles. The molecule has 0 spiro atoms. The highest BCUT2D eigenvalue weighted by atomic mass is 32.2. The Bertz CT molecular complexity index is 1500. The van der Waals surface area contributed by atoms with Gasteiger partial charge < -0.3 is 4.43 Å². The summed E-state index contributed by atoms with van der Waals surface area (Å²) in [7, 11) is -5.65. The molecule has 0 saturated heterocycles. The lowest BCUT2D eigenvalue weighted by Gasteiger charge is -2.42. The Balaban J connectivity index is 1.61. The quantitative estimate of drug-likeness (QED) is 0.231. The summed E-state index contributed by atoms with van der Waals surface area (Å²) in [6.45, 7) is 16.0. The monoisotopic (exact) mass is 548 g/mol. The minimum Gasteiger partial charge on any atom is -0.416 e. The van der Waals surface area contributed by atoms with Crippen molar-refractivity contribution < 1.29 is 12.8 Å². The standard InChI is InChI=1S/C31H40N2O3SSi/c1-7-23-21-24-17-18-28-29(30(24)32(22-23)19-20-36-38(5,6)31(2,3)4)26-15-11-12-16-27(26)33(28)37(34,35)25-13-9-8-10-14-25/h8-18,21,24,30H,7,19-20,22H2,1-6H3/t24-,30+/m0/s1. The summed E-state index contributed by atoms with van der Waals surface area (Å²) in [5, 5.41) is 1.16. The Labute approximate surface area is 229 Å². The highest BCUT2D eigenvalue weighted by molar-refractivity contribution is 7.90. The minimum atomic E-state index is -3.77. The van der Waals surface area contributed by atoms with Crippen LogP contribution in [-0.4, -0.2) is 45.3 Å². The average Bonchev–Trinajstić information content (AvgIpc) is 3.23. The van der Waals surface area contributed by atoms with Gasteiger partial charge in [-0.2, -0.15) is 0 Å². The molecule has 2 aromatic carbocycles. The van der Waals surface area contributed by atoms with Gasteiger partial charge in [-0.25, -0.2) is 12.4 Å². The molecule has 7 heteroatoms. The number of para-hydroxylation sites is 1. The predicted octanol–water partition coefficient (Wildman–Crippen LogP) is 7.24. The molecule has 2 heterocycles. The molecular formula is C31H40N2O3SSi. The normalized spacial score (nSPS) is 20.3. The minimum absolute atomic E-state index is 0.0606. The number of nitrogens with zero attached hydrogens (tertiary/aromatic N) is 2. The van der Waals surface area contributed by atoms with E-state index in [1.165, 1.54) is 5.57 Å². The van der Waals surface area contributed by atoms with Crippen molar-refractivity contribution in [2.75, 3.05) is 19.7 Å². The van der Waals surface area contributed by atoms with Crippen LogP contribution in [0.25, 0.3) is 17.0 Å². The Kier molecular flexibility index (Phi) is 7.09. The number of hydrogen-bond acceptors (Lipinski definition) is 4. The second-order valence-corrected chi connectivity index (χ2v) is 18.6. The zero-order valence-electron chi connectivity index (χ0n) is 23.4. The predicted molar refractivity (Wildman–Crippen MR) is 159 cm³/mol. The van der Waals surface area contributed by atoms with Crippen molar-refractivity contribution >= 4 is 35.3 Å². The zero-order chi connectivity index (χ0) is 27.3. The Hall–Kier alpha value is -2.45. The van der Waals surface area contributed by atoms with Crippen LogP contribution in [0.1, 0.15) is 51.4 Å². The van der Waals surface area contributed by atoms with Crippen LogP contribution in [0.15, 0.2) is 77.2 Å². The van der Waals surface area contributed by atoms with Crippen molar-refractivity contribution in [1.29, 1.82) is 0 Å². The number of fused-ring (bicyclic) bond motifs is 5. The van der Waals surface area contributed by atoms with Gasteiger partial charge in [0.25, 0.3) is 10.0 Å². The Morgan fingerprint density at radius 1 is 1.03 bits per heavy atom. The topological polar surface area (TPSA) is 51.5 Å². The Morgan fingerprint density at radius 2 is 1.71 bits per heavy atom. The fraction of sp³-hybridized carbons (Fsp3) is 0.419. The van der Waals surface area contributed by atoms with Crippen LogP contribution < -0.4 is 0 Å². The lowest BCUT2D eigenvalue weighted by molar-refractivity contribution is 0.138. The van der Waals surface area contributed by atoms with Gasteiger partial charge in [0.1, 0.15) is 0 Å².